The number of benzene rings is 2. The lowest BCUT2D eigenvalue weighted by Crippen LogP contribution is -2.43. The van der Waals surface area contributed by atoms with Gasteiger partial charge in [-0.3, -0.25) is 0 Å². The summed E-state index contributed by atoms with van der Waals surface area (Å²) < 4.78 is 0. The monoisotopic (exact) mass is 309 g/mol. The van der Waals surface area contributed by atoms with Gasteiger partial charge in [-0.1, -0.05) is 42.5 Å². The van der Waals surface area contributed by atoms with Crippen LogP contribution < -0.4 is 10.6 Å². The Morgan fingerprint density at radius 2 is 1.91 bits per heavy atom. The van der Waals surface area contributed by atoms with Gasteiger partial charge >= 0.3 is 6.03 Å². The van der Waals surface area contributed by atoms with Gasteiger partial charge in [0.05, 0.1) is 18.2 Å². The molecule has 0 unspecified atom stereocenters. The molecule has 0 saturated carbocycles. The number of hydrogen-bond donors (Lipinski definition) is 3. The van der Waals surface area contributed by atoms with E-state index in [2.05, 4.69) is 16.7 Å². The third kappa shape index (κ3) is 4.83. The Morgan fingerprint density at radius 3 is 2.61 bits per heavy atom. The average Bonchev–Trinajstić information content (AvgIpc) is 2.59. The number of carbonyl (C=O) groups is 1. The van der Waals surface area contributed by atoms with E-state index in [9.17, 15) is 9.90 Å². The predicted molar refractivity (Wildman–Crippen MR) is 87.4 cm³/mol. The van der Waals surface area contributed by atoms with Crippen molar-refractivity contribution in [2.45, 2.75) is 19.1 Å². The van der Waals surface area contributed by atoms with Crippen LogP contribution in [-0.2, 0) is 12.1 Å². The third-order valence-corrected chi connectivity index (χ3v) is 3.50. The molecule has 3 N–H and O–H groups in total. The lowest BCUT2D eigenvalue weighted by molar-refractivity contribution is 0.0594. The minimum atomic E-state index is -1.14. The Hall–Kier alpha value is -2.84. The highest BCUT2D eigenvalue weighted by Crippen LogP contribution is 2.18. The molecular formula is C18H19N3O2. The van der Waals surface area contributed by atoms with Crippen molar-refractivity contribution in [1.29, 1.82) is 5.26 Å². The highest BCUT2D eigenvalue weighted by Gasteiger charge is 2.23. The molecule has 2 rings (SSSR count). The second-order valence-corrected chi connectivity index (χ2v) is 5.49. The van der Waals surface area contributed by atoms with Gasteiger partial charge in [0.25, 0.3) is 0 Å². The number of hydrogen-bond acceptors (Lipinski definition) is 3. The molecule has 2 aromatic rings. The van der Waals surface area contributed by atoms with E-state index in [-0.39, 0.29) is 12.6 Å². The lowest BCUT2D eigenvalue weighted by Gasteiger charge is -2.24. The van der Waals surface area contributed by atoms with Crippen molar-refractivity contribution >= 4 is 6.03 Å². The maximum absolute atomic E-state index is 11.9. The van der Waals surface area contributed by atoms with Crippen molar-refractivity contribution in [3.8, 4) is 6.07 Å². The Bertz CT molecular complexity index is 706. The van der Waals surface area contributed by atoms with E-state index in [0.717, 1.165) is 11.1 Å². The van der Waals surface area contributed by atoms with Crippen LogP contribution in [-0.4, -0.2) is 17.7 Å². The molecule has 0 aliphatic rings. The zero-order valence-electron chi connectivity index (χ0n) is 12.9. The topological polar surface area (TPSA) is 85.2 Å². The van der Waals surface area contributed by atoms with E-state index in [1.807, 2.05) is 36.4 Å². The van der Waals surface area contributed by atoms with Gasteiger partial charge in [0, 0.05) is 6.54 Å². The maximum atomic E-state index is 11.9. The van der Waals surface area contributed by atoms with Gasteiger partial charge in [-0.15, -0.1) is 0 Å². The molecule has 0 bridgehead atoms. The van der Waals surface area contributed by atoms with Gasteiger partial charge in [-0.05, 0) is 30.2 Å². The summed E-state index contributed by atoms with van der Waals surface area (Å²) in [5, 5.41) is 24.6. The number of nitrogens with one attached hydrogen (secondary N) is 2. The van der Waals surface area contributed by atoms with Gasteiger partial charge in [-0.2, -0.15) is 5.26 Å². The van der Waals surface area contributed by atoms with E-state index < -0.39 is 5.60 Å². The molecule has 5 nitrogen and oxygen atoms in total. The summed E-state index contributed by atoms with van der Waals surface area (Å²) in [6, 6.07) is 17.9. The fraction of sp³-hybridized carbons (Fsp3) is 0.222. The van der Waals surface area contributed by atoms with Crippen molar-refractivity contribution < 1.29 is 9.90 Å². The molecule has 23 heavy (non-hydrogen) atoms. The standard InChI is InChI=1S/C18H19N3O2/c1-18(23,16-8-3-2-4-9-16)13-21-17(22)20-12-15-7-5-6-14(10-15)11-19/h2-10,23H,12-13H2,1H3,(H2,20,21,22)/t18-/m0/s1. The Kier molecular flexibility index (Phi) is 5.34. The zero-order valence-corrected chi connectivity index (χ0v) is 12.9. The fourth-order valence-electron chi connectivity index (χ4n) is 2.15. The number of aliphatic hydroxyl groups is 1. The maximum Gasteiger partial charge on any atom is 0.315 e. The third-order valence-electron chi connectivity index (χ3n) is 3.50. The van der Waals surface area contributed by atoms with E-state index in [0.29, 0.717) is 12.1 Å². The van der Waals surface area contributed by atoms with Crippen LogP contribution in [0.5, 0.6) is 0 Å². The van der Waals surface area contributed by atoms with Crippen LogP contribution in [0.1, 0.15) is 23.6 Å². The fourth-order valence-corrected chi connectivity index (χ4v) is 2.15. The van der Waals surface area contributed by atoms with Crippen molar-refractivity contribution in [1.82, 2.24) is 10.6 Å². The molecule has 0 heterocycles. The molecule has 0 aromatic heterocycles. The molecule has 0 spiro atoms. The van der Waals surface area contributed by atoms with Crippen LogP contribution in [0.3, 0.4) is 0 Å². The first kappa shape index (κ1) is 16.5. The van der Waals surface area contributed by atoms with E-state index in [4.69, 9.17) is 5.26 Å². The van der Waals surface area contributed by atoms with Crippen molar-refractivity contribution in [3.63, 3.8) is 0 Å². The Morgan fingerprint density at radius 1 is 1.17 bits per heavy atom. The summed E-state index contributed by atoms with van der Waals surface area (Å²) in [6.07, 6.45) is 0. The van der Waals surface area contributed by atoms with Crippen molar-refractivity contribution in [2.75, 3.05) is 6.54 Å². The highest BCUT2D eigenvalue weighted by atomic mass is 16.3. The number of nitrogens with zero attached hydrogens (tertiary/aromatic N) is 1. The van der Waals surface area contributed by atoms with Crippen LogP contribution in [0.25, 0.3) is 0 Å². The van der Waals surface area contributed by atoms with Crippen LogP contribution in [0.4, 0.5) is 4.79 Å². The SMILES string of the molecule is C[C@](O)(CNC(=O)NCc1cccc(C#N)c1)c1ccccc1. The lowest BCUT2D eigenvalue weighted by atomic mass is 9.96. The molecule has 0 radical (unpaired) electrons. The number of amides is 2. The summed E-state index contributed by atoms with van der Waals surface area (Å²) in [5.41, 5.74) is 0.993. The number of rotatable bonds is 5. The first-order valence-corrected chi connectivity index (χ1v) is 7.30. The molecule has 2 aromatic carbocycles. The smallest absolute Gasteiger partial charge is 0.315 e. The van der Waals surface area contributed by atoms with Gasteiger partial charge in [-0.25, -0.2) is 4.79 Å². The quantitative estimate of drug-likeness (QED) is 0.792. The normalized spacial score (nSPS) is 12.7. The second-order valence-electron chi connectivity index (χ2n) is 5.49. The van der Waals surface area contributed by atoms with Gasteiger partial charge in [0.1, 0.15) is 5.60 Å². The second kappa shape index (κ2) is 7.43. The predicted octanol–water partition coefficient (Wildman–Crippen LogP) is 2.27. The highest BCUT2D eigenvalue weighted by molar-refractivity contribution is 5.73. The minimum absolute atomic E-state index is 0.0983. The molecule has 0 aliphatic carbocycles. The molecular weight excluding hydrogens is 290 g/mol. The van der Waals surface area contributed by atoms with Crippen molar-refractivity contribution in [3.05, 3.63) is 71.3 Å². The average molecular weight is 309 g/mol. The van der Waals surface area contributed by atoms with Crippen LogP contribution in [0, 0.1) is 11.3 Å². The van der Waals surface area contributed by atoms with Crippen LogP contribution in [0.15, 0.2) is 54.6 Å². The first-order chi connectivity index (χ1) is 11.0. The summed E-state index contributed by atoms with van der Waals surface area (Å²) in [5.74, 6) is 0. The van der Waals surface area contributed by atoms with Crippen LogP contribution >= 0.6 is 0 Å². The molecule has 1 atom stereocenters. The minimum Gasteiger partial charge on any atom is -0.384 e. The molecule has 0 saturated heterocycles. The van der Waals surface area contributed by atoms with E-state index >= 15 is 0 Å². The van der Waals surface area contributed by atoms with E-state index in [1.165, 1.54) is 0 Å². The largest absolute Gasteiger partial charge is 0.384 e. The Labute approximate surface area is 135 Å². The molecule has 118 valence electrons. The van der Waals surface area contributed by atoms with Gasteiger partial charge in [0.15, 0.2) is 0 Å². The summed E-state index contributed by atoms with van der Waals surface area (Å²) in [4.78, 5) is 11.9. The first-order valence-electron chi connectivity index (χ1n) is 7.30. The number of carbonyl (C=O) groups excluding carboxylic acids is 1. The summed E-state index contributed by atoms with van der Waals surface area (Å²) in [7, 11) is 0. The van der Waals surface area contributed by atoms with Crippen LogP contribution in [0.2, 0.25) is 0 Å². The Balaban J connectivity index is 1.84. The number of urea groups is 1. The molecule has 2 amide bonds. The number of nitriles is 1. The molecule has 5 heteroatoms. The van der Waals surface area contributed by atoms with Gasteiger partial charge < -0.3 is 15.7 Å². The molecule has 0 aliphatic heterocycles. The summed E-state index contributed by atoms with van der Waals surface area (Å²) in [6.45, 7) is 2.06. The van der Waals surface area contributed by atoms with Gasteiger partial charge in [0.2, 0.25) is 0 Å². The molecule has 0 fully saturated rings. The zero-order chi connectivity index (χ0) is 16.7. The summed E-state index contributed by atoms with van der Waals surface area (Å²) >= 11 is 0. The van der Waals surface area contributed by atoms with E-state index in [1.54, 1.807) is 25.1 Å². The van der Waals surface area contributed by atoms with Crippen molar-refractivity contribution in [2.24, 2.45) is 0 Å².